The molecule has 0 saturated carbocycles. The zero-order valence-electron chi connectivity index (χ0n) is 19.1. The smallest absolute Gasteiger partial charge is 0.0716 e. The van der Waals surface area contributed by atoms with Crippen molar-refractivity contribution >= 4 is 0 Å². The number of rotatable bonds is 12. The Morgan fingerprint density at radius 3 is 1.71 bits per heavy atom. The van der Waals surface area contributed by atoms with Crippen molar-refractivity contribution in [3.05, 3.63) is 107 Å². The highest BCUT2D eigenvalue weighted by Gasteiger charge is 2.01. The van der Waals surface area contributed by atoms with E-state index in [1.807, 2.05) is 0 Å². The lowest BCUT2D eigenvalue weighted by Crippen LogP contribution is -1.95. The molecule has 0 radical (unpaired) electrons. The molecule has 162 valence electrons. The fraction of sp³-hybridized carbons (Fsp3) is 0.333. The summed E-state index contributed by atoms with van der Waals surface area (Å²) in [6, 6.07) is 26.8. The molecule has 0 aliphatic heterocycles. The second kappa shape index (κ2) is 12.9. The molecule has 0 atom stereocenters. The van der Waals surface area contributed by atoms with Gasteiger partial charge < -0.3 is 4.74 Å². The van der Waals surface area contributed by atoms with Gasteiger partial charge in [-0.05, 0) is 66.0 Å². The fourth-order valence-corrected chi connectivity index (χ4v) is 3.69. The number of allylic oxidation sites excluding steroid dienone is 2. The molecule has 3 aromatic carbocycles. The van der Waals surface area contributed by atoms with Crippen LogP contribution in [-0.4, -0.2) is 6.61 Å². The van der Waals surface area contributed by atoms with Crippen molar-refractivity contribution in [3.8, 4) is 11.1 Å². The minimum Gasteiger partial charge on any atom is -0.377 e. The Hall–Kier alpha value is -2.64. The van der Waals surface area contributed by atoms with Crippen LogP contribution in [0.5, 0.6) is 0 Å². The Morgan fingerprint density at radius 2 is 1.16 bits per heavy atom. The van der Waals surface area contributed by atoms with E-state index in [-0.39, 0.29) is 0 Å². The highest BCUT2D eigenvalue weighted by Crippen LogP contribution is 2.21. The van der Waals surface area contributed by atoms with E-state index in [4.69, 9.17) is 4.74 Å². The normalized spacial score (nSPS) is 11.3. The van der Waals surface area contributed by atoms with Crippen molar-refractivity contribution in [1.82, 2.24) is 0 Å². The van der Waals surface area contributed by atoms with Gasteiger partial charge in [0, 0.05) is 6.61 Å². The Labute approximate surface area is 188 Å². The van der Waals surface area contributed by atoms with Crippen molar-refractivity contribution in [3.63, 3.8) is 0 Å². The van der Waals surface area contributed by atoms with E-state index in [0.29, 0.717) is 6.61 Å². The summed E-state index contributed by atoms with van der Waals surface area (Å²) in [4.78, 5) is 0. The van der Waals surface area contributed by atoms with Gasteiger partial charge in [-0.15, -0.1) is 0 Å². The molecular formula is C30H36O. The van der Waals surface area contributed by atoms with Gasteiger partial charge >= 0.3 is 0 Å². The van der Waals surface area contributed by atoms with Crippen LogP contribution in [-0.2, 0) is 30.6 Å². The molecule has 0 spiro atoms. The average molecular weight is 413 g/mol. The topological polar surface area (TPSA) is 9.23 Å². The second-order valence-corrected chi connectivity index (χ2v) is 8.24. The molecule has 0 saturated heterocycles. The maximum absolute atomic E-state index is 5.77. The standard InChI is InChI=1S/C30H36O/c1-3-5-7-23-31-24-28-17-21-30(22-18-28)29-19-15-27(16-20-29)14-13-26-11-9-25(10-12-26)8-6-4-2/h4,6,9-12,15-22H,3,5,7-8,13-14,23-24H2,1-2H3. The first-order valence-corrected chi connectivity index (χ1v) is 11.7. The van der Waals surface area contributed by atoms with Gasteiger partial charge in [0.05, 0.1) is 6.61 Å². The summed E-state index contributed by atoms with van der Waals surface area (Å²) >= 11 is 0. The van der Waals surface area contributed by atoms with Crippen LogP contribution in [0.1, 0.15) is 55.4 Å². The molecule has 3 aromatic rings. The SMILES string of the molecule is CC=CCc1ccc(CCc2ccc(-c3ccc(COCCCCC)cc3)cc2)cc1. The van der Waals surface area contributed by atoms with Gasteiger partial charge in [0.1, 0.15) is 0 Å². The average Bonchev–Trinajstić information content (AvgIpc) is 2.83. The number of ether oxygens (including phenoxy) is 1. The Balaban J connectivity index is 1.48. The van der Waals surface area contributed by atoms with Crippen molar-refractivity contribution in [2.24, 2.45) is 0 Å². The van der Waals surface area contributed by atoms with Gasteiger partial charge in [0.15, 0.2) is 0 Å². The van der Waals surface area contributed by atoms with Crippen molar-refractivity contribution in [1.29, 1.82) is 0 Å². The van der Waals surface area contributed by atoms with E-state index in [1.165, 1.54) is 46.2 Å². The monoisotopic (exact) mass is 412 g/mol. The number of hydrogen-bond acceptors (Lipinski definition) is 1. The summed E-state index contributed by atoms with van der Waals surface area (Å²) in [7, 11) is 0. The molecule has 0 aromatic heterocycles. The lowest BCUT2D eigenvalue weighted by molar-refractivity contribution is 0.117. The lowest BCUT2D eigenvalue weighted by Gasteiger charge is -2.08. The van der Waals surface area contributed by atoms with E-state index in [2.05, 4.69) is 98.8 Å². The Kier molecular flexibility index (Phi) is 9.60. The first-order valence-electron chi connectivity index (χ1n) is 11.7. The number of hydrogen-bond donors (Lipinski definition) is 0. The van der Waals surface area contributed by atoms with Gasteiger partial charge in [-0.1, -0.05) is 105 Å². The molecule has 0 heterocycles. The van der Waals surface area contributed by atoms with E-state index in [1.54, 1.807) is 0 Å². The summed E-state index contributed by atoms with van der Waals surface area (Å²) in [5.74, 6) is 0. The molecule has 0 aliphatic carbocycles. The minimum absolute atomic E-state index is 0.708. The first-order chi connectivity index (χ1) is 15.3. The maximum Gasteiger partial charge on any atom is 0.0716 e. The predicted octanol–water partition coefficient (Wildman–Crippen LogP) is 7.96. The predicted molar refractivity (Wildman–Crippen MR) is 133 cm³/mol. The second-order valence-electron chi connectivity index (χ2n) is 8.24. The quantitative estimate of drug-likeness (QED) is 0.216. The van der Waals surface area contributed by atoms with Gasteiger partial charge in [-0.25, -0.2) is 0 Å². The van der Waals surface area contributed by atoms with Crippen molar-refractivity contribution in [2.75, 3.05) is 6.61 Å². The molecule has 0 bridgehead atoms. The third kappa shape index (κ3) is 7.84. The minimum atomic E-state index is 0.708. The van der Waals surface area contributed by atoms with Crippen LogP contribution in [0.3, 0.4) is 0 Å². The third-order valence-corrected chi connectivity index (χ3v) is 5.72. The van der Waals surface area contributed by atoms with Crippen molar-refractivity contribution < 1.29 is 4.74 Å². The van der Waals surface area contributed by atoms with Crippen LogP contribution in [0.4, 0.5) is 0 Å². The van der Waals surface area contributed by atoms with E-state index < -0.39 is 0 Å². The molecule has 0 fully saturated rings. The molecule has 0 N–H and O–H groups in total. The maximum atomic E-state index is 5.77. The van der Waals surface area contributed by atoms with E-state index >= 15 is 0 Å². The van der Waals surface area contributed by atoms with Crippen molar-refractivity contribution in [2.45, 2.75) is 59.0 Å². The number of unbranched alkanes of at least 4 members (excludes halogenated alkanes) is 2. The van der Waals surface area contributed by atoms with E-state index in [9.17, 15) is 0 Å². The van der Waals surface area contributed by atoms with Crippen LogP contribution >= 0.6 is 0 Å². The number of benzene rings is 3. The largest absolute Gasteiger partial charge is 0.377 e. The lowest BCUT2D eigenvalue weighted by atomic mass is 9.99. The molecule has 31 heavy (non-hydrogen) atoms. The molecule has 1 nitrogen and oxygen atoms in total. The van der Waals surface area contributed by atoms with Crippen LogP contribution in [0, 0.1) is 0 Å². The summed E-state index contributed by atoms with van der Waals surface area (Å²) < 4.78 is 5.77. The zero-order valence-corrected chi connectivity index (χ0v) is 19.1. The summed E-state index contributed by atoms with van der Waals surface area (Å²) in [5, 5.41) is 0. The zero-order chi connectivity index (χ0) is 21.7. The molecule has 3 rings (SSSR count). The molecule has 0 unspecified atom stereocenters. The molecule has 0 aliphatic rings. The molecule has 0 amide bonds. The first kappa shape index (κ1) is 23.0. The third-order valence-electron chi connectivity index (χ3n) is 5.72. The summed E-state index contributed by atoms with van der Waals surface area (Å²) in [6.45, 7) is 5.85. The van der Waals surface area contributed by atoms with Crippen LogP contribution in [0.2, 0.25) is 0 Å². The Morgan fingerprint density at radius 1 is 0.645 bits per heavy atom. The van der Waals surface area contributed by atoms with Crippen LogP contribution < -0.4 is 0 Å². The molecular weight excluding hydrogens is 376 g/mol. The summed E-state index contributed by atoms with van der Waals surface area (Å²) in [5.41, 5.74) is 7.94. The Bertz CT molecular complexity index is 902. The highest BCUT2D eigenvalue weighted by molar-refractivity contribution is 5.64. The van der Waals surface area contributed by atoms with Crippen LogP contribution in [0.25, 0.3) is 11.1 Å². The fourth-order valence-electron chi connectivity index (χ4n) is 3.69. The van der Waals surface area contributed by atoms with Gasteiger partial charge in [0.2, 0.25) is 0 Å². The van der Waals surface area contributed by atoms with Crippen LogP contribution in [0.15, 0.2) is 84.9 Å². The van der Waals surface area contributed by atoms with E-state index in [0.717, 1.165) is 32.3 Å². The molecule has 1 heteroatoms. The van der Waals surface area contributed by atoms with Gasteiger partial charge in [0.25, 0.3) is 0 Å². The van der Waals surface area contributed by atoms with Gasteiger partial charge in [-0.2, -0.15) is 0 Å². The summed E-state index contributed by atoms with van der Waals surface area (Å²) in [6.07, 6.45) is 11.1. The highest BCUT2D eigenvalue weighted by atomic mass is 16.5. The van der Waals surface area contributed by atoms with Gasteiger partial charge in [-0.3, -0.25) is 0 Å². The number of aryl methyl sites for hydroxylation is 2.